The molecule has 1 aromatic carbocycles. The fourth-order valence-electron chi connectivity index (χ4n) is 0.869. The second-order valence-corrected chi connectivity index (χ2v) is 4.27. The topological polar surface area (TPSA) is 93.5 Å². The smallest absolute Gasteiger partial charge is 0.348 e. The number of rotatable bonds is 1. The van der Waals surface area contributed by atoms with E-state index in [-0.39, 0.29) is 5.96 Å². The van der Waals surface area contributed by atoms with E-state index >= 15 is 0 Å². The Hall–Kier alpha value is -1.08. The molecular weight excluding hydrogens is 328 g/mol. The first kappa shape index (κ1) is 12.0. The van der Waals surface area contributed by atoms with Crippen LogP contribution in [-0.2, 0) is 0 Å². The van der Waals surface area contributed by atoms with Crippen LogP contribution in [0.2, 0.25) is 0 Å². The van der Waals surface area contributed by atoms with Crippen LogP contribution in [0.25, 0.3) is 0 Å². The summed E-state index contributed by atoms with van der Waals surface area (Å²) in [6.07, 6.45) is 0. The van der Waals surface area contributed by atoms with Gasteiger partial charge in [-0.3, -0.25) is 0 Å². The van der Waals surface area contributed by atoms with Gasteiger partial charge in [-0.25, -0.2) is 4.79 Å². The molecule has 2 amide bonds. The number of carbonyl (C=O) groups is 1. The molecule has 15 heavy (non-hydrogen) atoms. The van der Waals surface area contributed by atoms with Gasteiger partial charge in [0.25, 0.3) is 0 Å². The maximum absolute atomic E-state index is 11.2. The summed E-state index contributed by atoms with van der Waals surface area (Å²) in [4.78, 5) is 14.6. The zero-order valence-electron chi connectivity index (χ0n) is 7.50. The lowest BCUT2D eigenvalue weighted by Gasteiger charge is -2.06. The molecule has 0 aliphatic heterocycles. The Labute approximate surface area is 103 Å². The molecule has 1 aromatic rings. The molecule has 0 spiro atoms. The van der Waals surface area contributed by atoms with Gasteiger partial charge >= 0.3 is 6.03 Å². The average molecular weight is 336 g/mol. The van der Waals surface area contributed by atoms with E-state index in [9.17, 15) is 4.79 Å². The fourth-order valence-corrected chi connectivity index (χ4v) is 2.07. The van der Waals surface area contributed by atoms with E-state index in [1.807, 2.05) is 6.07 Å². The lowest BCUT2D eigenvalue weighted by molar-refractivity contribution is 0.259. The van der Waals surface area contributed by atoms with Crippen LogP contribution in [0, 0.1) is 0 Å². The second kappa shape index (κ2) is 5.13. The molecule has 0 saturated heterocycles. The SMILES string of the molecule is NC(N)=NC(=O)Nc1c(Br)cccc1Br. The van der Waals surface area contributed by atoms with Crippen molar-refractivity contribution in [1.29, 1.82) is 0 Å². The summed E-state index contributed by atoms with van der Waals surface area (Å²) in [5.41, 5.74) is 10.7. The van der Waals surface area contributed by atoms with Crippen molar-refractivity contribution >= 4 is 49.5 Å². The minimum Gasteiger partial charge on any atom is -0.370 e. The van der Waals surface area contributed by atoms with Crippen LogP contribution in [0.3, 0.4) is 0 Å². The van der Waals surface area contributed by atoms with Gasteiger partial charge < -0.3 is 16.8 Å². The van der Waals surface area contributed by atoms with E-state index in [0.29, 0.717) is 5.69 Å². The average Bonchev–Trinajstić information content (AvgIpc) is 2.10. The van der Waals surface area contributed by atoms with Crippen molar-refractivity contribution in [2.45, 2.75) is 0 Å². The number of nitrogens with zero attached hydrogens (tertiary/aromatic N) is 1. The fraction of sp³-hybridized carbons (Fsp3) is 0. The van der Waals surface area contributed by atoms with Crippen LogP contribution < -0.4 is 16.8 Å². The highest BCUT2D eigenvalue weighted by Gasteiger charge is 2.07. The Morgan fingerprint density at radius 1 is 1.27 bits per heavy atom. The molecule has 0 bridgehead atoms. The van der Waals surface area contributed by atoms with Gasteiger partial charge in [0.05, 0.1) is 5.69 Å². The normalized spacial score (nSPS) is 9.47. The summed E-state index contributed by atoms with van der Waals surface area (Å²) >= 11 is 6.57. The van der Waals surface area contributed by atoms with Crippen molar-refractivity contribution in [3.63, 3.8) is 0 Å². The Morgan fingerprint density at radius 3 is 2.27 bits per heavy atom. The number of halogens is 2. The molecule has 0 fully saturated rings. The van der Waals surface area contributed by atoms with Crippen molar-refractivity contribution < 1.29 is 4.79 Å². The summed E-state index contributed by atoms with van der Waals surface area (Å²) in [5.74, 6) is -0.282. The maximum atomic E-state index is 11.2. The van der Waals surface area contributed by atoms with Crippen LogP contribution in [-0.4, -0.2) is 12.0 Å². The molecule has 1 rings (SSSR count). The first-order valence-electron chi connectivity index (χ1n) is 3.85. The number of para-hydroxylation sites is 1. The predicted molar refractivity (Wildman–Crippen MR) is 66.7 cm³/mol. The number of amides is 2. The monoisotopic (exact) mass is 334 g/mol. The molecule has 7 heteroatoms. The van der Waals surface area contributed by atoms with Crippen molar-refractivity contribution in [2.24, 2.45) is 16.5 Å². The molecule has 5 N–H and O–H groups in total. The summed E-state index contributed by atoms with van der Waals surface area (Å²) in [7, 11) is 0. The van der Waals surface area contributed by atoms with Gasteiger partial charge in [-0.05, 0) is 44.0 Å². The number of nitrogens with one attached hydrogen (secondary N) is 1. The van der Waals surface area contributed by atoms with Gasteiger partial charge in [-0.1, -0.05) is 6.07 Å². The summed E-state index contributed by atoms with van der Waals surface area (Å²) in [5, 5.41) is 2.53. The van der Waals surface area contributed by atoms with Crippen molar-refractivity contribution in [1.82, 2.24) is 0 Å². The Balaban J connectivity index is 2.90. The zero-order chi connectivity index (χ0) is 11.4. The quantitative estimate of drug-likeness (QED) is 0.541. The minimum atomic E-state index is -0.623. The predicted octanol–water partition coefficient (Wildman–Crippen LogP) is 2.02. The molecule has 0 heterocycles. The number of hydrogen-bond donors (Lipinski definition) is 3. The van der Waals surface area contributed by atoms with E-state index in [4.69, 9.17) is 11.5 Å². The first-order chi connectivity index (χ1) is 7.00. The van der Waals surface area contributed by atoms with Crippen molar-refractivity contribution in [3.8, 4) is 0 Å². The molecule has 0 radical (unpaired) electrons. The Morgan fingerprint density at radius 2 is 1.80 bits per heavy atom. The first-order valence-corrected chi connectivity index (χ1v) is 5.44. The third-order valence-electron chi connectivity index (χ3n) is 1.43. The summed E-state index contributed by atoms with van der Waals surface area (Å²) in [6.45, 7) is 0. The number of carbonyl (C=O) groups excluding carboxylic acids is 1. The number of hydrogen-bond acceptors (Lipinski definition) is 1. The van der Waals surface area contributed by atoms with Gasteiger partial charge in [0, 0.05) is 8.95 Å². The van der Waals surface area contributed by atoms with E-state index < -0.39 is 6.03 Å². The highest BCUT2D eigenvalue weighted by atomic mass is 79.9. The highest BCUT2D eigenvalue weighted by Crippen LogP contribution is 2.30. The van der Waals surface area contributed by atoms with Crippen LogP contribution in [0.4, 0.5) is 10.5 Å². The van der Waals surface area contributed by atoms with E-state index in [2.05, 4.69) is 42.2 Å². The summed E-state index contributed by atoms with van der Waals surface area (Å²) < 4.78 is 1.46. The summed E-state index contributed by atoms with van der Waals surface area (Å²) in [6, 6.07) is 4.78. The number of guanidine groups is 1. The molecule has 0 aliphatic carbocycles. The number of aliphatic imine (C=N–C) groups is 1. The van der Waals surface area contributed by atoms with Crippen LogP contribution in [0.15, 0.2) is 32.1 Å². The molecule has 5 nitrogen and oxygen atoms in total. The minimum absolute atomic E-state index is 0.282. The van der Waals surface area contributed by atoms with Gasteiger partial charge in [-0.15, -0.1) is 0 Å². The third kappa shape index (κ3) is 3.52. The standard InChI is InChI=1S/C8H8Br2N4O/c9-4-2-1-3-5(10)6(4)13-8(15)14-7(11)12/h1-3H,(H5,11,12,13,14,15). The van der Waals surface area contributed by atoms with Crippen molar-refractivity contribution in [3.05, 3.63) is 27.1 Å². The molecule has 0 unspecified atom stereocenters. The van der Waals surface area contributed by atoms with E-state index in [0.717, 1.165) is 8.95 Å². The molecule has 0 saturated carbocycles. The molecular formula is C8H8Br2N4O. The van der Waals surface area contributed by atoms with E-state index in [1.54, 1.807) is 12.1 Å². The second-order valence-electron chi connectivity index (χ2n) is 2.56. The largest absolute Gasteiger partial charge is 0.370 e. The molecule has 0 aliphatic rings. The van der Waals surface area contributed by atoms with Gasteiger partial charge in [0.2, 0.25) is 0 Å². The molecule has 0 aromatic heterocycles. The number of benzene rings is 1. The van der Waals surface area contributed by atoms with E-state index in [1.165, 1.54) is 0 Å². The van der Waals surface area contributed by atoms with Gasteiger partial charge in [0.15, 0.2) is 5.96 Å². The van der Waals surface area contributed by atoms with Crippen molar-refractivity contribution in [2.75, 3.05) is 5.32 Å². The van der Waals surface area contributed by atoms with Gasteiger partial charge in [0.1, 0.15) is 0 Å². The number of anilines is 1. The molecule has 0 atom stereocenters. The van der Waals surface area contributed by atoms with Crippen LogP contribution in [0.1, 0.15) is 0 Å². The van der Waals surface area contributed by atoms with Gasteiger partial charge in [-0.2, -0.15) is 4.99 Å². The number of urea groups is 1. The number of nitrogens with two attached hydrogens (primary N) is 2. The lowest BCUT2D eigenvalue weighted by Crippen LogP contribution is -2.25. The van der Waals surface area contributed by atoms with Crippen LogP contribution >= 0.6 is 31.9 Å². The maximum Gasteiger partial charge on any atom is 0.348 e. The van der Waals surface area contributed by atoms with Crippen LogP contribution in [0.5, 0.6) is 0 Å². The third-order valence-corrected chi connectivity index (χ3v) is 2.75. The lowest BCUT2D eigenvalue weighted by atomic mass is 10.3. The Bertz CT molecular complexity index is 395. The molecule has 80 valence electrons. The highest BCUT2D eigenvalue weighted by molar-refractivity contribution is 9.11. The zero-order valence-corrected chi connectivity index (χ0v) is 10.7. The Kier molecular flexibility index (Phi) is 4.10.